The van der Waals surface area contributed by atoms with E-state index in [1.54, 1.807) is 6.20 Å². The molecule has 6 heteroatoms. The monoisotopic (exact) mass is 356 g/mol. The molecule has 0 spiro atoms. The highest BCUT2D eigenvalue weighted by atomic mass is 16.2. The number of nitrogens with zero attached hydrogens (tertiary/aromatic N) is 3. The van der Waals surface area contributed by atoms with E-state index in [9.17, 15) is 9.59 Å². The normalized spacial score (nSPS) is 22.8. The molecule has 0 radical (unpaired) electrons. The van der Waals surface area contributed by atoms with Crippen LogP contribution in [0.25, 0.3) is 0 Å². The van der Waals surface area contributed by atoms with E-state index in [0.717, 1.165) is 31.7 Å². The first-order valence-corrected chi connectivity index (χ1v) is 9.95. The summed E-state index contributed by atoms with van der Waals surface area (Å²) < 4.78 is 0. The predicted octanol–water partition coefficient (Wildman–Crippen LogP) is 1.96. The van der Waals surface area contributed by atoms with Gasteiger partial charge in [0.2, 0.25) is 11.8 Å². The molecule has 1 saturated heterocycles. The Bertz CT molecular complexity index is 645. The maximum Gasteiger partial charge on any atom is 0.238 e. The van der Waals surface area contributed by atoms with Crippen LogP contribution < -0.4 is 10.2 Å². The second-order valence-corrected chi connectivity index (χ2v) is 7.86. The van der Waals surface area contributed by atoms with Crippen LogP contribution in [0.1, 0.15) is 44.9 Å². The molecule has 0 atom stereocenters. The van der Waals surface area contributed by atoms with Gasteiger partial charge in [-0.15, -0.1) is 0 Å². The first-order chi connectivity index (χ1) is 12.7. The van der Waals surface area contributed by atoms with Crippen molar-refractivity contribution < 1.29 is 9.59 Å². The summed E-state index contributed by atoms with van der Waals surface area (Å²) in [6.45, 7) is 2.86. The molecule has 6 nitrogen and oxygen atoms in total. The van der Waals surface area contributed by atoms with Crippen molar-refractivity contribution in [1.29, 1.82) is 0 Å². The minimum Gasteiger partial charge on any atom is -0.353 e. The Kier molecular flexibility index (Phi) is 4.83. The van der Waals surface area contributed by atoms with Gasteiger partial charge in [0.05, 0.1) is 0 Å². The predicted molar refractivity (Wildman–Crippen MR) is 99.7 cm³/mol. The second kappa shape index (κ2) is 7.25. The largest absolute Gasteiger partial charge is 0.353 e. The summed E-state index contributed by atoms with van der Waals surface area (Å²) in [5.74, 6) is 0.962. The van der Waals surface area contributed by atoms with Gasteiger partial charge in [-0.05, 0) is 37.8 Å². The number of piperazine rings is 1. The summed E-state index contributed by atoms with van der Waals surface area (Å²) in [4.78, 5) is 34.3. The molecule has 0 aromatic carbocycles. The highest BCUT2D eigenvalue weighted by molar-refractivity contribution is 6.08. The van der Waals surface area contributed by atoms with Crippen LogP contribution in [0.2, 0.25) is 0 Å². The number of carbonyl (C=O) groups excluding carboxylic acids is 2. The Morgan fingerprint density at radius 3 is 2.38 bits per heavy atom. The Hall–Kier alpha value is -2.11. The summed E-state index contributed by atoms with van der Waals surface area (Å²) in [7, 11) is 0. The molecule has 26 heavy (non-hydrogen) atoms. The van der Waals surface area contributed by atoms with E-state index in [1.807, 2.05) is 23.1 Å². The van der Waals surface area contributed by atoms with E-state index in [0.29, 0.717) is 25.9 Å². The van der Waals surface area contributed by atoms with E-state index < -0.39 is 5.41 Å². The highest BCUT2D eigenvalue weighted by Gasteiger charge is 2.58. The van der Waals surface area contributed by atoms with Gasteiger partial charge in [0.15, 0.2) is 0 Å². The first kappa shape index (κ1) is 17.3. The van der Waals surface area contributed by atoms with Gasteiger partial charge in [-0.1, -0.05) is 25.3 Å². The number of rotatable bonds is 4. The van der Waals surface area contributed by atoms with Crippen LogP contribution in [0.4, 0.5) is 5.82 Å². The molecule has 2 saturated carbocycles. The third-order valence-electron chi connectivity index (χ3n) is 6.07. The standard InChI is InChI=1S/C20H28N4O2/c25-18(22-16-6-2-1-3-7-16)20(9-10-20)19(26)24-14-12-23(13-15-24)17-8-4-5-11-21-17/h4-5,8,11,16H,1-3,6-7,9-10,12-15H2,(H,22,25). The lowest BCUT2D eigenvalue weighted by molar-refractivity contribution is -0.144. The maximum atomic E-state index is 13.0. The van der Waals surface area contributed by atoms with Gasteiger partial charge in [-0.3, -0.25) is 9.59 Å². The van der Waals surface area contributed by atoms with Crippen LogP contribution in [0.15, 0.2) is 24.4 Å². The zero-order valence-electron chi connectivity index (χ0n) is 15.3. The van der Waals surface area contributed by atoms with Crippen molar-refractivity contribution in [3.63, 3.8) is 0 Å². The van der Waals surface area contributed by atoms with Crippen LogP contribution in [0, 0.1) is 5.41 Å². The molecule has 2 amide bonds. The number of aromatic nitrogens is 1. The Balaban J connectivity index is 1.33. The van der Waals surface area contributed by atoms with Crippen LogP contribution in [-0.4, -0.2) is 53.9 Å². The van der Waals surface area contributed by atoms with Crippen molar-refractivity contribution in [1.82, 2.24) is 15.2 Å². The molecule has 1 aromatic heterocycles. The number of pyridine rings is 1. The molecular formula is C20H28N4O2. The Labute approximate surface area is 155 Å². The van der Waals surface area contributed by atoms with E-state index in [1.165, 1.54) is 19.3 Å². The van der Waals surface area contributed by atoms with Crippen molar-refractivity contribution >= 4 is 17.6 Å². The fraction of sp³-hybridized carbons (Fsp3) is 0.650. The molecule has 3 fully saturated rings. The van der Waals surface area contributed by atoms with Gasteiger partial charge in [-0.25, -0.2) is 4.98 Å². The summed E-state index contributed by atoms with van der Waals surface area (Å²) in [5, 5.41) is 3.17. The van der Waals surface area contributed by atoms with Crippen molar-refractivity contribution in [3.05, 3.63) is 24.4 Å². The third-order valence-corrected chi connectivity index (χ3v) is 6.07. The molecule has 0 unspecified atom stereocenters. The van der Waals surface area contributed by atoms with Crippen LogP contribution in [0.5, 0.6) is 0 Å². The zero-order chi connectivity index (χ0) is 18.0. The zero-order valence-corrected chi connectivity index (χ0v) is 15.3. The number of amides is 2. The number of carbonyl (C=O) groups is 2. The second-order valence-electron chi connectivity index (χ2n) is 7.86. The van der Waals surface area contributed by atoms with Gasteiger partial charge < -0.3 is 15.1 Å². The third kappa shape index (κ3) is 3.41. The fourth-order valence-electron chi connectivity index (χ4n) is 4.22. The van der Waals surface area contributed by atoms with Crippen LogP contribution in [-0.2, 0) is 9.59 Å². The smallest absolute Gasteiger partial charge is 0.238 e. The van der Waals surface area contributed by atoms with Gasteiger partial charge in [0.1, 0.15) is 11.2 Å². The lowest BCUT2D eigenvalue weighted by Gasteiger charge is -2.37. The van der Waals surface area contributed by atoms with Gasteiger partial charge >= 0.3 is 0 Å². The van der Waals surface area contributed by atoms with Gasteiger partial charge in [0, 0.05) is 38.4 Å². The molecule has 140 valence electrons. The number of hydrogen-bond acceptors (Lipinski definition) is 4. The lowest BCUT2D eigenvalue weighted by atomic mass is 9.94. The SMILES string of the molecule is O=C(NC1CCCCC1)C1(C(=O)N2CCN(c3ccccn3)CC2)CC1. The minimum absolute atomic E-state index is 0.0263. The molecule has 3 aliphatic rings. The summed E-state index contributed by atoms with van der Waals surface area (Å²) in [6, 6.07) is 6.15. The summed E-state index contributed by atoms with van der Waals surface area (Å²) >= 11 is 0. The highest BCUT2D eigenvalue weighted by Crippen LogP contribution is 2.48. The van der Waals surface area contributed by atoms with E-state index >= 15 is 0 Å². The summed E-state index contributed by atoms with van der Waals surface area (Å²) in [6.07, 6.45) is 8.93. The minimum atomic E-state index is -0.773. The van der Waals surface area contributed by atoms with E-state index in [-0.39, 0.29) is 17.9 Å². The van der Waals surface area contributed by atoms with Gasteiger partial charge in [0.25, 0.3) is 0 Å². The molecular weight excluding hydrogens is 328 g/mol. The average molecular weight is 356 g/mol. The van der Waals surface area contributed by atoms with Gasteiger partial charge in [-0.2, -0.15) is 0 Å². The molecule has 4 rings (SSSR count). The molecule has 2 heterocycles. The Morgan fingerprint density at radius 2 is 1.77 bits per heavy atom. The molecule has 1 N–H and O–H groups in total. The van der Waals surface area contributed by atoms with Crippen LogP contribution >= 0.6 is 0 Å². The number of anilines is 1. The molecule has 0 bridgehead atoms. The molecule has 2 aliphatic carbocycles. The number of nitrogens with one attached hydrogen (secondary N) is 1. The fourth-order valence-corrected chi connectivity index (χ4v) is 4.22. The van der Waals surface area contributed by atoms with Crippen molar-refractivity contribution in [2.24, 2.45) is 5.41 Å². The summed E-state index contributed by atoms with van der Waals surface area (Å²) in [5.41, 5.74) is -0.773. The Morgan fingerprint density at radius 1 is 1.04 bits per heavy atom. The van der Waals surface area contributed by atoms with Crippen LogP contribution in [0.3, 0.4) is 0 Å². The first-order valence-electron chi connectivity index (χ1n) is 9.95. The van der Waals surface area contributed by atoms with E-state index in [2.05, 4.69) is 15.2 Å². The van der Waals surface area contributed by atoms with Crippen molar-refractivity contribution in [2.45, 2.75) is 51.0 Å². The molecule has 1 aliphatic heterocycles. The quantitative estimate of drug-likeness (QED) is 0.838. The van der Waals surface area contributed by atoms with Crippen molar-refractivity contribution in [3.8, 4) is 0 Å². The average Bonchev–Trinajstić information content (AvgIpc) is 3.51. The van der Waals surface area contributed by atoms with Crippen molar-refractivity contribution in [2.75, 3.05) is 31.1 Å². The lowest BCUT2D eigenvalue weighted by Crippen LogP contribution is -2.54. The maximum absolute atomic E-state index is 13.0. The number of hydrogen-bond donors (Lipinski definition) is 1. The molecule has 1 aromatic rings. The topological polar surface area (TPSA) is 65.5 Å². The van der Waals surface area contributed by atoms with E-state index in [4.69, 9.17) is 0 Å².